The lowest BCUT2D eigenvalue weighted by molar-refractivity contribution is 0.113. The van der Waals surface area contributed by atoms with Gasteiger partial charge in [-0.25, -0.2) is 0 Å². The summed E-state index contributed by atoms with van der Waals surface area (Å²) in [6.45, 7) is 5.84. The number of piperazine rings is 1. The first-order valence-corrected chi connectivity index (χ1v) is 8.24. The fourth-order valence-electron chi connectivity index (χ4n) is 3.16. The van der Waals surface area contributed by atoms with E-state index in [1.165, 1.54) is 12.1 Å². The van der Waals surface area contributed by atoms with Crippen LogP contribution in [0.25, 0.3) is 0 Å². The average Bonchev–Trinajstić information content (AvgIpc) is 3.10. The normalized spacial score (nSPS) is 22.0. The van der Waals surface area contributed by atoms with Crippen LogP contribution in [-0.2, 0) is 4.74 Å². The molecule has 0 aliphatic carbocycles. The highest BCUT2D eigenvalue weighted by Crippen LogP contribution is 2.16. The van der Waals surface area contributed by atoms with E-state index < -0.39 is 0 Å². The van der Waals surface area contributed by atoms with E-state index in [2.05, 4.69) is 50.4 Å². The van der Waals surface area contributed by atoms with E-state index in [0.29, 0.717) is 6.10 Å². The lowest BCUT2D eigenvalue weighted by Gasteiger charge is -2.37. The zero-order valence-electron chi connectivity index (χ0n) is 13.8. The van der Waals surface area contributed by atoms with E-state index in [1.54, 1.807) is 0 Å². The average molecular weight is 430 g/mol. The van der Waals surface area contributed by atoms with Crippen molar-refractivity contribution in [2.24, 2.45) is 4.99 Å². The Labute approximate surface area is 156 Å². The Kier molecular flexibility index (Phi) is 7.42. The number of ether oxygens (including phenoxy) is 1. The molecule has 0 bridgehead atoms. The summed E-state index contributed by atoms with van der Waals surface area (Å²) in [5, 5.41) is 3.47. The zero-order valence-corrected chi connectivity index (χ0v) is 16.1. The summed E-state index contributed by atoms with van der Waals surface area (Å²) in [6, 6.07) is 10.6. The van der Waals surface area contributed by atoms with Gasteiger partial charge in [0.05, 0.1) is 6.10 Å². The van der Waals surface area contributed by atoms with Crippen molar-refractivity contribution in [3.8, 4) is 0 Å². The van der Waals surface area contributed by atoms with Crippen LogP contribution in [0, 0.1) is 0 Å². The molecule has 1 unspecified atom stereocenters. The Balaban J connectivity index is 0.00000192. The van der Waals surface area contributed by atoms with Gasteiger partial charge in [-0.1, -0.05) is 18.2 Å². The largest absolute Gasteiger partial charge is 0.376 e. The van der Waals surface area contributed by atoms with Gasteiger partial charge in [0, 0.05) is 52.1 Å². The minimum Gasteiger partial charge on any atom is -0.376 e. The fourth-order valence-corrected chi connectivity index (χ4v) is 3.16. The smallest absolute Gasteiger partial charge is 0.193 e. The molecule has 1 N–H and O–H groups in total. The van der Waals surface area contributed by atoms with Crippen molar-refractivity contribution in [3.63, 3.8) is 0 Å². The van der Waals surface area contributed by atoms with E-state index in [4.69, 9.17) is 4.74 Å². The molecule has 2 aliphatic heterocycles. The number of nitrogens with zero attached hydrogens (tertiary/aromatic N) is 3. The molecule has 2 aliphatic rings. The number of hydrogen-bond donors (Lipinski definition) is 1. The third-order valence-corrected chi connectivity index (χ3v) is 4.42. The van der Waals surface area contributed by atoms with Crippen LogP contribution in [0.15, 0.2) is 35.3 Å². The van der Waals surface area contributed by atoms with Crippen LogP contribution in [-0.4, -0.2) is 63.3 Å². The molecule has 2 heterocycles. The molecular formula is C17H27IN4O. The summed E-state index contributed by atoms with van der Waals surface area (Å²) in [5.74, 6) is 1.00. The quantitative estimate of drug-likeness (QED) is 0.454. The number of anilines is 1. The number of para-hydroxylation sites is 1. The van der Waals surface area contributed by atoms with Gasteiger partial charge in [0.15, 0.2) is 5.96 Å². The summed E-state index contributed by atoms with van der Waals surface area (Å²) >= 11 is 0. The van der Waals surface area contributed by atoms with Crippen molar-refractivity contribution in [2.75, 3.05) is 51.3 Å². The molecule has 2 fully saturated rings. The highest BCUT2D eigenvalue weighted by molar-refractivity contribution is 14.0. The van der Waals surface area contributed by atoms with Crippen LogP contribution in [0.2, 0.25) is 0 Å². The first-order valence-electron chi connectivity index (χ1n) is 8.24. The van der Waals surface area contributed by atoms with Gasteiger partial charge in [-0.2, -0.15) is 0 Å². The molecule has 0 radical (unpaired) electrons. The Bertz CT molecular complexity index is 483. The summed E-state index contributed by atoms with van der Waals surface area (Å²) in [5.41, 5.74) is 1.31. The Morgan fingerprint density at radius 1 is 1.22 bits per heavy atom. The molecule has 6 heteroatoms. The fraction of sp³-hybridized carbons (Fsp3) is 0.588. The van der Waals surface area contributed by atoms with E-state index in [0.717, 1.165) is 51.7 Å². The molecule has 1 aromatic rings. The van der Waals surface area contributed by atoms with E-state index >= 15 is 0 Å². The highest BCUT2D eigenvalue weighted by atomic mass is 127. The predicted molar refractivity (Wildman–Crippen MR) is 106 cm³/mol. The second kappa shape index (κ2) is 9.32. The second-order valence-corrected chi connectivity index (χ2v) is 5.87. The Hall–Kier alpha value is -1.02. The minimum absolute atomic E-state index is 0. The van der Waals surface area contributed by atoms with Crippen LogP contribution in [0.3, 0.4) is 0 Å². The number of halogens is 1. The number of benzene rings is 1. The Morgan fingerprint density at radius 3 is 2.57 bits per heavy atom. The van der Waals surface area contributed by atoms with Crippen LogP contribution >= 0.6 is 24.0 Å². The van der Waals surface area contributed by atoms with Gasteiger partial charge in [0.25, 0.3) is 0 Å². The van der Waals surface area contributed by atoms with Crippen molar-refractivity contribution < 1.29 is 4.74 Å². The van der Waals surface area contributed by atoms with Crippen molar-refractivity contribution in [3.05, 3.63) is 30.3 Å². The lowest BCUT2D eigenvalue weighted by atomic mass is 10.2. The van der Waals surface area contributed by atoms with Crippen LogP contribution in [0.5, 0.6) is 0 Å². The van der Waals surface area contributed by atoms with Gasteiger partial charge in [-0.05, 0) is 25.0 Å². The molecule has 23 heavy (non-hydrogen) atoms. The SMILES string of the molecule is CN=C(NCC1CCCO1)N1CCN(c2ccccc2)CC1.I. The molecule has 0 saturated carbocycles. The summed E-state index contributed by atoms with van der Waals surface area (Å²) < 4.78 is 5.67. The number of rotatable bonds is 3. The molecule has 1 aromatic carbocycles. The minimum atomic E-state index is 0. The van der Waals surface area contributed by atoms with Crippen LogP contribution < -0.4 is 10.2 Å². The molecule has 2 saturated heterocycles. The predicted octanol–water partition coefficient (Wildman–Crippen LogP) is 2.18. The summed E-state index contributed by atoms with van der Waals surface area (Å²) in [6.07, 6.45) is 2.69. The maximum absolute atomic E-state index is 5.67. The summed E-state index contributed by atoms with van der Waals surface area (Å²) in [7, 11) is 1.86. The van der Waals surface area contributed by atoms with E-state index in [9.17, 15) is 0 Å². The van der Waals surface area contributed by atoms with Gasteiger partial charge in [-0.3, -0.25) is 4.99 Å². The highest BCUT2D eigenvalue weighted by Gasteiger charge is 2.21. The van der Waals surface area contributed by atoms with Gasteiger partial charge in [-0.15, -0.1) is 24.0 Å². The molecule has 0 aromatic heterocycles. The second-order valence-electron chi connectivity index (χ2n) is 5.87. The maximum atomic E-state index is 5.67. The van der Waals surface area contributed by atoms with Crippen molar-refractivity contribution in [2.45, 2.75) is 18.9 Å². The van der Waals surface area contributed by atoms with Gasteiger partial charge in [0.2, 0.25) is 0 Å². The third-order valence-electron chi connectivity index (χ3n) is 4.42. The molecule has 3 rings (SSSR count). The molecule has 5 nitrogen and oxygen atoms in total. The molecule has 0 spiro atoms. The molecule has 0 amide bonds. The monoisotopic (exact) mass is 430 g/mol. The van der Waals surface area contributed by atoms with Crippen LogP contribution in [0.1, 0.15) is 12.8 Å². The first kappa shape index (κ1) is 18.3. The Morgan fingerprint density at radius 2 is 1.96 bits per heavy atom. The topological polar surface area (TPSA) is 40.1 Å². The summed E-state index contributed by atoms with van der Waals surface area (Å²) in [4.78, 5) is 9.20. The van der Waals surface area contributed by atoms with Crippen molar-refractivity contribution in [1.29, 1.82) is 0 Å². The molecular weight excluding hydrogens is 403 g/mol. The third kappa shape index (κ3) is 4.97. The van der Waals surface area contributed by atoms with Gasteiger partial charge in [0.1, 0.15) is 0 Å². The maximum Gasteiger partial charge on any atom is 0.193 e. The number of aliphatic imine (C=N–C) groups is 1. The lowest BCUT2D eigenvalue weighted by Crippen LogP contribution is -2.53. The number of guanidine groups is 1. The zero-order chi connectivity index (χ0) is 15.2. The van der Waals surface area contributed by atoms with Crippen LogP contribution in [0.4, 0.5) is 5.69 Å². The standard InChI is InChI=1S/C17H26N4O.HI/c1-18-17(19-14-16-8-5-13-22-16)21-11-9-20(10-12-21)15-6-3-2-4-7-15;/h2-4,6-7,16H,5,8-14H2,1H3,(H,18,19);1H. The van der Waals surface area contributed by atoms with Gasteiger partial charge >= 0.3 is 0 Å². The number of hydrogen-bond acceptors (Lipinski definition) is 3. The first-order chi connectivity index (χ1) is 10.9. The molecule has 128 valence electrons. The van der Waals surface area contributed by atoms with Crippen molar-refractivity contribution in [1.82, 2.24) is 10.2 Å². The molecule has 1 atom stereocenters. The number of nitrogens with one attached hydrogen (secondary N) is 1. The van der Waals surface area contributed by atoms with Crippen molar-refractivity contribution >= 4 is 35.6 Å². The van der Waals surface area contributed by atoms with E-state index in [1.807, 2.05) is 7.05 Å². The van der Waals surface area contributed by atoms with E-state index in [-0.39, 0.29) is 24.0 Å². The van der Waals surface area contributed by atoms with Gasteiger partial charge < -0.3 is 19.9 Å².